The Balaban J connectivity index is 1.62. The first-order chi connectivity index (χ1) is 25.7. The van der Waals surface area contributed by atoms with Crippen molar-refractivity contribution in [3.8, 4) is 44.7 Å². The monoisotopic (exact) mass is 580 g/mol. The summed E-state index contributed by atoms with van der Waals surface area (Å²) in [4.78, 5) is 0. The van der Waals surface area contributed by atoms with Crippen LogP contribution in [-0.2, 0) is 0 Å². The predicted molar refractivity (Wildman–Crippen MR) is 190 cm³/mol. The minimum atomic E-state index is -0.451. The zero-order valence-electron chi connectivity index (χ0n) is 32.0. The molecule has 1 aromatic heterocycles. The Bertz CT molecular complexity index is 2890. The Morgan fingerprint density at radius 1 is 0.378 bits per heavy atom. The zero-order chi connectivity index (χ0) is 36.7. The number of furan rings is 1. The van der Waals surface area contributed by atoms with Crippen LogP contribution >= 0.6 is 0 Å². The van der Waals surface area contributed by atoms with Gasteiger partial charge in [-0.05, 0) is 49.0 Å². The second kappa shape index (κ2) is 10.4. The smallest absolute Gasteiger partial charge is 0.143 e. The van der Waals surface area contributed by atoms with Crippen molar-refractivity contribution < 1.29 is 15.4 Å². The molecule has 1 heterocycles. The Morgan fingerprint density at radius 3 is 1.58 bits per heavy atom. The SMILES string of the molecule is [2H]c1c([2H])c([2H])c2c(-c3c(-c4cccc5ccccc45)oc4c(-c5ccccc5)cccc34)c3c([2H])c([2H])c([2H])c([2H])c3c(-c3ccccc3)c2c1[2H]. The van der Waals surface area contributed by atoms with E-state index in [9.17, 15) is 5.48 Å². The van der Waals surface area contributed by atoms with Crippen molar-refractivity contribution in [2.24, 2.45) is 0 Å². The third-order valence-electron chi connectivity index (χ3n) is 8.52. The fraction of sp³-hybridized carbons (Fsp3) is 0. The van der Waals surface area contributed by atoms with Crippen molar-refractivity contribution in [1.82, 2.24) is 0 Å². The van der Waals surface area contributed by atoms with Crippen LogP contribution in [0.2, 0.25) is 0 Å². The fourth-order valence-electron chi connectivity index (χ4n) is 6.59. The van der Waals surface area contributed by atoms with Gasteiger partial charge < -0.3 is 4.42 Å². The molecule has 0 saturated heterocycles. The molecule has 0 fully saturated rings. The highest BCUT2D eigenvalue weighted by Gasteiger charge is 2.26. The van der Waals surface area contributed by atoms with Gasteiger partial charge in [0.05, 0.1) is 11.0 Å². The van der Waals surface area contributed by atoms with Crippen LogP contribution in [0.15, 0.2) is 174 Å². The van der Waals surface area contributed by atoms with Gasteiger partial charge >= 0.3 is 0 Å². The molecular formula is C44H28O. The largest absolute Gasteiger partial charge is 0.455 e. The molecule has 210 valence electrons. The zero-order valence-corrected chi connectivity index (χ0v) is 24.0. The van der Waals surface area contributed by atoms with Gasteiger partial charge in [0.15, 0.2) is 0 Å². The highest BCUT2D eigenvalue weighted by Crippen LogP contribution is 2.51. The maximum atomic E-state index is 9.50. The summed E-state index contributed by atoms with van der Waals surface area (Å²) < 4.78 is 80.2. The second-order valence-corrected chi connectivity index (χ2v) is 11.0. The minimum Gasteiger partial charge on any atom is -0.455 e. The summed E-state index contributed by atoms with van der Waals surface area (Å²) >= 11 is 0. The van der Waals surface area contributed by atoms with E-state index in [1.165, 1.54) is 0 Å². The van der Waals surface area contributed by atoms with Crippen molar-refractivity contribution in [3.63, 3.8) is 0 Å². The number of fused-ring (bicyclic) bond motifs is 4. The van der Waals surface area contributed by atoms with E-state index in [0.29, 0.717) is 33.4 Å². The van der Waals surface area contributed by atoms with E-state index in [-0.39, 0.29) is 51.3 Å². The summed E-state index contributed by atoms with van der Waals surface area (Å²) in [5.41, 5.74) is 4.55. The maximum absolute atomic E-state index is 9.50. The van der Waals surface area contributed by atoms with Crippen LogP contribution < -0.4 is 0 Å². The van der Waals surface area contributed by atoms with Crippen LogP contribution in [0, 0.1) is 0 Å². The quantitative estimate of drug-likeness (QED) is 0.189. The van der Waals surface area contributed by atoms with Crippen LogP contribution in [0.5, 0.6) is 0 Å². The van der Waals surface area contributed by atoms with Crippen LogP contribution in [0.25, 0.3) is 88.0 Å². The maximum Gasteiger partial charge on any atom is 0.143 e. The van der Waals surface area contributed by atoms with E-state index in [4.69, 9.17) is 9.90 Å². The van der Waals surface area contributed by atoms with Crippen molar-refractivity contribution in [2.75, 3.05) is 0 Å². The van der Waals surface area contributed by atoms with E-state index in [2.05, 4.69) is 0 Å². The number of para-hydroxylation sites is 1. The topological polar surface area (TPSA) is 13.1 Å². The highest BCUT2D eigenvalue weighted by atomic mass is 16.3. The molecule has 8 aromatic carbocycles. The lowest BCUT2D eigenvalue weighted by atomic mass is 9.84. The standard InChI is InChI=1S/C44H28O/c1-3-15-30(16-4-1)33-26-14-28-39-42(44(45-43(33)39)38-27-13-20-29-17-7-8-21-32(29)38)41-36-24-11-9-22-34(36)40(31-18-5-2-6-19-31)35-23-10-12-25-37(35)41/h1-28H/i9D,10D,11D,12D,22D,23D,24D,25D. The molecule has 0 spiro atoms. The Labute approximate surface area is 272 Å². The Kier molecular flexibility index (Phi) is 4.30. The van der Waals surface area contributed by atoms with Gasteiger partial charge in [0.2, 0.25) is 0 Å². The average molecular weight is 581 g/mol. The van der Waals surface area contributed by atoms with Gasteiger partial charge in [0.25, 0.3) is 0 Å². The van der Waals surface area contributed by atoms with E-state index in [1.54, 1.807) is 24.3 Å². The highest BCUT2D eigenvalue weighted by molar-refractivity contribution is 6.25. The molecule has 0 saturated carbocycles. The van der Waals surface area contributed by atoms with Gasteiger partial charge in [-0.1, -0.05) is 170 Å². The molecule has 0 aliphatic rings. The molecule has 0 aliphatic heterocycles. The van der Waals surface area contributed by atoms with Gasteiger partial charge in [0, 0.05) is 27.6 Å². The lowest BCUT2D eigenvalue weighted by Gasteiger charge is -2.18. The predicted octanol–water partition coefficient (Wildman–Crippen LogP) is 12.6. The average Bonchev–Trinajstić information content (AvgIpc) is 3.59. The molecule has 0 unspecified atom stereocenters. The number of hydrogen-bond donors (Lipinski definition) is 0. The molecule has 0 N–H and O–H groups in total. The Hall–Kier alpha value is -5.92. The first-order valence-electron chi connectivity index (χ1n) is 18.8. The molecular weight excluding hydrogens is 544 g/mol. The number of rotatable bonds is 4. The summed E-state index contributed by atoms with van der Waals surface area (Å²) in [5.74, 6) is 0.412. The van der Waals surface area contributed by atoms with E-state index in [1.807, 2.05) is 97.1 Å². The first kappa shape index (κ1) is 18.7. The third kappa shape index (κ3) is 4.02. The number of hydrogen-bond acceptors (Lipinski definition) is 1. The van der Waals surface area contributed by atoms with Crippen LogP contribution in [0.3, 0.4) is 0 Å². The van der Waals surface area contributed by atoms with E-state index in [0.717, 1.165) is 27.5 Å². The lowest BCUT2D eigenvalue weighted by Crippen LogP contribution is -1.91. The van der Waals surface area contributed by atoms with Crippen LogP contribution in [0.4, 0.5) is 0 Å². The van der Waals surface area contributed by atoms with Gasteiger partial charge in [0.1, 0.15) is 11.3 Å². The van der Waals surface area contributed by atoms with Crippen molar-refractivity contribution in [3.05, 3.63) is 170 Å². The normalized spacial score (nSPS) is 14.0. The van der Waals surface area contributed by atoms with Crippen molar-refractivity contribution >= 4 is 43.3 Å². The van der Waals surface area contributed by atoms with Gasteiger partial charge in [-0.2, -0.15) is 0 Å². The minimum absolute atomic E-state index is 0.140. The van der Waals surface area contributed by atoms with E-state index >= 15 is 0 Å². The Morgan fingerprint density at radius 2 is 0.889 bits per heavy atom. The summed E-state index contributed by atoms with van der Waals surface area (Å²) in [6, 6.07) is 35.3. The van der Waals surface area contributed by atoms with E-state index < -0.39 is 24.2 Å². The molecule has 0 atom stereocenters. The first-order valence-corrected chi connectivity index (χ1v) is 14.8. The summed E-state index contributed by atoms with van der Waals surface area (Å²) in [6.45, 7) is 0. The van der Waals surface area contributed by atoms with Gasteiger partial charge in [-0.3, -0.25) is 0 Å². The molecule has 0 bridgehead atoms. The van der Waals surface area contributed by atoms with Crippen molar-refractivity contribution in [2.45, 2.75) is 0 Å². The molecule has 0 amide bonds. The van der Waals surface area contributed by atoms with Crippen molar-refractivity contribution in [1.29, 1.82) is 0 Å². The second-order valence-electron chi connectivity index (χ2n) is 11.0. The molecule has 45 heavy (non-hydrogen) atoms. The van der Waals surface area contributed by atoms with Gasteiger partial charge in [-0.25, -0.2) is 0 Å². The summed E-state index contributed by atoms with van der Waals surface area (Å²) in [7, 11) is 0. The molecule has 1 nitrogen and oxygen atoms in total. The third-order valence-corrected chi connectivity index (χ3v) is 8.52. The fourth-order valence-corrected chi connectivity index (χ4v) is 6.59. The summed E-state index contributed by atoms with van der Waals surface area (Å²) in [6.07, 6.45) is 0. The molecule has 9 rings (SSSR count). The summed E-state index contributed by atoms with van der Waals surface area (Å²) in [5, 5.41) is 3.07. The van der Waals surface area contributed by atoms with Crippen LogP contribution in [0.1, 0.15) is 11.0 Å². The lowest BCUT2D eigenvalue weighted by molar-refractivity contribution is 0.634. The molecule has 1 heteroatoms. The number of benzene rings is 8. The molecule has 0 radical (unpaired) electrons. The van der Waals surface area contributed by atoms with Gasteiger partial charge in [-0.15, -0.1) is 0 Å². The molecule has 9 aromatic rings. The molecule has 0 aliphatic carbocycles. The van der Waals surface area contributed by atoms with Crippen LogP contribution in [-0.4, -0.2) is 0 Å².